The lowest BCUT2D eigenvalue weighted by Gasteiger charge is -2.15. The first-order valence-corrected chi connectivity index (χ1v) is 12.3. The minimum atomic E-state index is -0.528. The van der Waals surface area contributed by atoms with Crippen LogP contribution in [0.15, 0.2) is 74.2 Å². The summed E-state index contributed by atoms with van der Waals surface area (Å²) in [6.07, 6.45) is 1.51. The number of imide groups is 1. The molecule has 0 spiro atoms. The smallest absolute Gasteiger partial charge is 0.294 e. The van der Waals surface area contributed by atoms with Crippen LogP contribution < -0.4 is 5.32 Å². The molecule has 4 aromatic rings. The zero-order valence-corrected chi connectivity index (χ0v) is 20.5. The van der Waals surface area contributed by atoms with Gasteiger partial charge in [0.05, 0.1) is 15.9 Å². The van der Waals surface area contributed by atoms with Crippen LogP contribution in [0.1, 0.15) is 16.9 Å². The van der Waals surface area contributed by atoms with Gasteiger partial charge in [0.2, 0.25) is 5.91 Å². The van der Waals surface area contributed by atoms with Gasteiger partial charge in [-0.15, -0.1) is 0 Å². The van der Waals surface area contributed by atoms with Gasteiger partial charge in [0.15, 0.2) is 10.2 Å². The van der Waals surface area contributed by atoms with Gasteiger partial charge in [-0.1, -0.05) is 30.3 Å². The van der Waals surface area contributed by atoms with Crippen molar-refractivity contribution in [3.05, 3.63) is 76.4 Å². The summed E-state index contributed by atoms with van der Waals surface area (Å²) >= 11 is 2.10. The number of H-pyrrole nitrogens is 1. The topological polar surface area (TPSA) is 108 Å². The van der Waals surface area contributed by atoms with E-state index < -0.39 is 17.1 Å². The average molecular weight is 505 g/mol. The van der Waals surface area contributed by atoms with Crippen molar-refractivity contribution >= 4 is 63.4 Å². The summed E-state index contributed by atoms with van der Waals surface area (Å²) < 4.78 is 5.80. The van der Waals surface area contributed by atoms with Crippen molar-refractivity contribution in [2.75, 3.05) is 11.9 Å². The maximum absolute atomic E-state index is 12.8. The zero-order valence-electron chi connectivity index (χ0n) is 18.8. The predicted molar refractivity (Wildman–Crippen MR) is 136 cm³/mol. The number of nitrogens with zero attached hydrogens (tertiary/aromatic N) is 2. The van der Waals surface area contributed by atoms with E-state index in [0.717, 1.165) is 38.8 Å². The lowest BCUT2D eigenvalue weighted by molar-refractivity contribution is -0.127. The molecule has 3 amide bonds. The number of benzene rings is 2. The Bertz CT molecular complexity index is 1450. The molecule has 2 N–H and O–H groups in total. The highest BCUT2D eigenvalue weighted by Crippen LogP contribution is 2.34. The van der Waals surface area contributed by atoms with Crippen molar-refractivity contribution < 1.29 is 18.8 Å². The Morgan fingerprint density at radius 1 is 1.11 bits per heavy atom. The average Bonchev–Trinajstić information content (AvgIpc) is 3.51. The fraction of sp³-hybridized carbons (Fsp3) is 0.120. The van der Waals surface area contributed by atoms with Gasteiger partial charge < -0.3 is 14.7 Å². The number of carbonyl (C=O) groups is 3. The van der Waals surface area contributed by atoms with Crippen LogP contribution in [0.25, 0.3) is 17.1 Å². The first-order chi connectivity index (χ1) is 16.9. The highest BCUT2D eigenvalue weighted by Gasteiger charge is 2.36. The largest absolute Gasteiger partial charge is 0.450 e. The molecule has 10 heteroatoms. The SMILES string of the molecule is Cc1cccc(C)c1NC(=O)CN1C(=O)S/C(=C\c2ccc(Sc3nc4ccccc4[nH]3)o2)C1=O. The molecular formula is C25H20N4O4S2. The minimum absolute atomic E-state index is 0.199. The molecule has 0 saturated carbocycles. The number of para-hydroxylation sites is 3. The summed E-state index contributed by atoms with van der Waals surface area (Å²) in [5.41, 5.74) is 4.28. The van der Waals surface area contributed by atoms with E-state index in [0.29, 0.717) is 21.7 Å². The number of fused-ring (bicyclic) bond motifs is 1. The van der Waals surface area contributed by atoms with Crippen LogP contribution in [0.5, 0.6) is 0 Å². The number of thioether (sulfide) groups is 1. The highest BCUT2D eigenvalue weighted by atomic mass is 32.2. The lowest BCUT2D eigenvalue weighted by Crippen LogP contribution is -2.36. The van der Waals surface area contributed by atoms with Gasteiger partial charge in [0.1, 0.15) is 12.3 Å². The molecule has 2 aromatic heterocycles. The number of anilines is 1. The molecule has 5 rings (SSSR count). The van der Waals surface area contributed by atoms with Crippen LogP contribution >= 0.6 is 23.5 Å². The van der Waals surface area contributed by atoms with Crippen molar-refractivity contribution in [3.8, 4) is 0 Å². The number of hydrogen-bond donors (Lipinski definition) is 2. The summed E-state index contributed by atoms with van der Waals surface area (Å²) in [6.45, 7) is 3.41. The number of nitrogens with one attached hydrogen (secondary N) is 2. The second-order valence-corrected chi connectivity index (χ2v) is 9.89. The minimum Gasteiger partial charge on any atom is -0.450 e. The number of amides is 3. The molecule has 176 valence electrons. The lowest BCUT2D eigenvalue weighted by atomic mass is 10.1. The second-order valence-electron chi connectivity index (χ2n) is 7.90. The molecule has 1 saturated heterocycles. The fourth-order valence-corrected chi connectivity index (χ4v) is 5.23. The van der Waals surface area contributed by atoms with Crippen LogP contribution in [-0.2, 0) is 9.59 Å². The summed E-state index contributed by atoms with van der Waals surface area (Å²) in [7, 11) is 0. The van der Waals surface area contributed by atoms with E-state index in [9.17, 15) is 14.4 Å². The maximum Gasteiger partial charge on any atom is 0.294 e. The second kappa shape index (κ2) is 9.47. The first kappa shape index (κ1) is 23.0. The molecule has 0 aliphatic carbocycles. The normalized spacial score (nSPS) is 14.9. The van der Waals surface area contributed by atoms with E-state index in [-0.39, 0.29) is 11.4 Å². The van der Waals surface area contributed by atoms with E-state index in [1.54, 1.807) is 12.1 Å². The summed E-state index contributed by atoms with van der Waals surface area (Å²) in [5.74, 6) is -0.540. The molecule has 1 aliphatic rings. The zero-order chi connectivity index (χ0) is 24.5. The predicted octanol–water partition coefficient (Wildman–Crippen LogP) is 5.60. The Kier molecular flexibility index (Phi) is 6.23. The van der Waals surface area contributed by atoms with E-state index >= 15 is 0 Å². The molecule has 3 heterocycles. The standard InChI is InChI=1S/C25H20N4O4S2/c1-14-6-5-7-15(2)22(14)28-20(30)13-29-23(31)19(34-25(29)32)12-16-10-11-21(33-16)35-24-26-17-8-3-4-9-18(17)27-24/h3-12H,13H2,1-2H3,(H,26,27)(H,28,30)/b19-12-. The van der Waals surface area contributed by atoms with Gasteiger partial charge in [-0.2, -0.15) is 0 Å². The third-order valence-electron chi connectivity index (χ3n) is 5.36. The third-order valence-corrected chi connectivity index (χ3v) is 7.08. The van der Waals surface area contributed by atoms with Crippen LogP contribution in [-0.4, -0.2) is 38.5 Å². The number of aromatic nitrogens is 2. The number of hydrogen-bond acceptors (Lipinski definition) is 7. The van der Waals surface area contributed by atoms with Gasteiger partial charge in [-0.3, -0.25) is 19.3 Å². The van der Waals surface area contributed by atoms with Crippen molar-refractivity contribution in [2.45, 2.75) is 24.1 Å². The molecule has 0 radical (unpaired) electrons. The molecule has 0 atom stereocenters. The number of imidazole rings is 1. The summed E-state index contributed by atoms with van der Waals surface area (Å²) in [5, 5.41) is 3.57. The van der Waals surface area contributed by atoms with Gasteiger partial charge in [0, 0.05) is 11.8 Å². The monoisotopic (exact) mass is 504 g/mol. The molecule has 1 aliphatic heterocycles. The van der Waals surface area contributed by atoms with E-state index in [2.05, 4.69) is 15.3 Å². The molecule has 1 fully saturated rings. The van der Waals surface area contributed by atoms with Crippen molar-refractivity contribution in [1.82, 2.24) is 14.9 Å². The van der Waals surface area contributed by atoms with Crippen LogP contribution in [0.2, 0.25) is 0 Å². The first-order valence-electron chi connectivity index (χ1n) is 10.7. The fourth-order valence-electron chi connectivity index (χ4n) is 3.64. The van der Waals surface area contributed by atoms with Crippen LogP contribution in [0.3, 0.4) is 0 Å². The number of furan rings is 1. The van der Waals surface area contributed by atoms with Crippen molar-refractivity contribution in [1.29, 1.82) is 0 Å². The van der Waals surface area contributed by atoms with Gasteiger partial charge >= 0.3 is 0 Å². The molecule has 35 heavy (non-hydrogen) atoms. The highest BCUT2D eigenvalue weighted by molar-refractivity contribution is 8.18. The Morgan fingerprint density at radius 2 is 1.89 bits per heavy atom. The van der Waals surface area contributed by atoms with Gasteiger partial charge in [-0.05, 0) is 72.8 Å². The van der Waals surface area contributed by atoms with E-state index in [4.69, 9.17) is 4.42 Å². The summed E-state index contributed by atoms with van der Waals surface area (Å²) in [4.78, 5) is 46.7. The number of carbonyl (C=O) groups excluding carboxylic acids is 3. The van der Waals surface area contributed by atoms with Gasteiger partial charge in [-0.25, -0.2) is 4.98 Å². The van der Waals surface area contributed by atoms with Crippen LogP contribution in [0, 0.1) is 13.8 Å². The van der Waals surface area contributed by atoms with Crippen molar-refractivity contribution in [2.24, 2.45) is 0 Å². The Labute approximate surface area is 209 Å². The van der Waals surface area contributed by atoms with Crippen molar-refractivity contribution in [3.63, 3.8) is 0 Å². The maximum atomic E-state index is 12.8. The molecule has 2 aromatic carbocycles. The Morgan fingerprint density at radius 3 is 2.66 bits per heavy atom. The summed E-state index contributed by atoms with van der Waals surface area (Å²) in [6, 6.07) is 16.9. The number of rotatable bonds is 6. The number of aromatic amines is 1. The molecular weight excluding hydrogens is 484 g/mol. The number of aryl methyl sites for hydroxylation is 2. The van der Waals surface area contributed by atoms with Gasteiger partial charge in [0.25, 0.3) is 11.1 Å². The van der Waals surface area contributed by atoms with E-state index in [1.807, 2.05) is 56.3 Å². The Balaban J connectivity index is 1.25. The molecule has 0 bridgehead atoms. The van der Waals surface area contributed by atoms with Crippen LogP contribution in [0.4, 0.5) is 10.5 Å². The quantitative estimate of drug-likeness (QED) is 0.329. The molecule has 0 unspecified atom stereocenters. The van der Waals surface area contributed by atoms with E-state index in [1.165, 1.54) is 17.8 Å². The Hall–Kier alpha value is -3.76. The third kappa shape index (κ3) is 4.89. The molecule has 8 nitrogen and oxygen atoms in total.